The Bertz CT molecular complexity index is 1060. The number of carbonyl (C=O) groups is 4. The predicted molar refractivity (Wildman–Crippen MR) is 128 cm³/mol. The molecular weight excluding hydrogens is 512 g/mol. The van der Waals surface area contributed by atoms with Gasteiger partial charge in [0.05, 0.1) is 5.69 Å². The van der Waals surface area contributed by atoms with Crippen molar-refractivity contribution in [3.05, 3.63) is 44.3 Å². The lowest BCUT2D eigenvalue weighted by atomic mass is 10.2. The van der Waals surface area contributed by atoms with Crippen LogP contribution < -0.4 is 16.0 Å². The molecule has 12 heteroatoms. The lowest BCUT2D eigenvalue weighted by molar-refractivity contribution is -0.136. The number of likely N-dealkylation sites (N-methyl/N-ethyl adjacent to an activating group) is 2. The van der Waals surface area contributed by atoms with Crippen molar-refractivity contribution in [1.82, 2.24) is 25.4 Å². The summed E-state index contributed by atoms with van der Waals surface area (Å²) in [4.78, 5) is 58.7. The van der Waals surface area contributed by atoms with Gasteiger partial charge in [0.15, 0.2) is 5.01 Å². The number of benzene rings is 1. The predicted octanol–water partition coefficient (Wildman–Crippen LogP) is 0.835. The van der Waals surface area contributed by atoms with E-state index in [1.165, 1.54) is 16.2 Å². The summed E-state index contributed by atoms with van der Waals surface area (Å²) in [6, 6.07) is 5.67. The molecule has 3 N–H and O–H groups in total. The fourth-order valence-corrected chi connectivity index (χ4v) is 4.50. The molecule has 33 heavy (non-hydrogen) atoms. The van der Waals surface area contributed by atoms with Crippen LogP contribution in [-0.2, 0) is 27.3 Å². The van der Waals surface area contributed by atoms with Gasteiger partial charge in [0.1, 0.15) is 6.04 Å². The van der Waals surface area contributed by atoms with E-state index in [-0.39, 0.29) is 11.6 Å². The zero-order valence-electron chi connectivity index (χ0n) is 18.5. The van der Waals surface area contributed by atoms with Crippen molar-refractivity contribution in [3.63, 3.8) is 0 Å². The van der Waals surface area contributed by atoms with Gasteiger partial charge >= 0.3 is 11.8 Å². The molecule has 0 spiro atoms. The minimum Gasteiger partial charge on any atom is -0.347 e. The number of fused-ring (bicyclic) bond motifs is 1. The third-order valence-corrected chi connectivity index (χ3v) is 6.55. The molecule has 176 valence electrons. The molecule has 1 atom stereocenters. The summed E-state index contributed by atoms with van der Waals surface area (Å²) in [6.07, 6.45) is 0.763. The maximum absolute atomic E-state index is 12.8. The fraction of sp³-hybridized carbons (Fsp3) is 0.381. The van der Waals surface area contributed by atoms with Crippen molar-refractivity contribution in [2.45, 2.75) is 19.0 Å². The number of amides is 4. The Balaban J connectivity index is 1.62. The summed E-state index contributed by atoms with van der Waals surface area (Å²) >= 11 is 4.59. The second-order valence-electron chi connectivity index (χ2n) is 7.81. The second kappa shape index (κ2) is 10.9. The lowest BCUT2D eigenvalue weighted by Gasteiger charge is -2.21. The molecule has 0 bridgehead atoms. The molecule has 1 aromatic carbocycles. The number of nitrogens with zero attached hydrogens (tertiary/aromatic N) is 3. The fourth-order valence-electron chi connectivity index (χ4n) is 3.15. The number of nitrogens with one attached hydrogen (secondary N) is 3. The van der Waals surface area contributed by atoms with Crippen LogP contribution in [0.5, 0.6) is 0 Å². The zero-order valence-corrected chi connectivity index (χ0v) is 20.9. The Morgan fingerprint density at radius 3 is 2.55 bits per heavy atom. The first-order valence-corrected chi connectivity index (χ1v) is 11.8. The number of thiazole rings is 1. The zero-order chi connectivity index (χ0) is 24.1. The van der Waals surface area contributed by atoms with E-state index in [1.807, 2.05) is 7.05 Å². The van der Waals surface area contributed by atoms with Crippen molar-refractivity contribution in [2.75, 3.05) is 39.5 Å². The van der Waals surface area contributed by atoms with Crippen molar-refractivity contribution < 1.29 is 19.2 Å². The number of carbonyl (C=O) groups excluding carboxylic acids is 4. The Labute approximate surface area is 203 Å². The van der Waals surface area contributed by atoms with Gasteiger partial charge < -0.3 is 25.8 Å². The van der Waals surface area contributed by atoms with E-state index in [0.717, 1.165) is 34.6 Å². The molecule has 0 saturated heterocycles. The van der Waals surface area contributed by atoms with E-state index in [4.69, 9.17) is 0 Å². The Hall–Kier alpha value is -2.83. The molecule has 1 unspecified atom stereocenters. The van der Waals surface area contributed by atoms with Crippen LogP contribution >= 0.6 is 27.3 Å². The molecule has 0 fully saturated rings. The number of anilines is 1. The first-order chi connectivity index (χ1) is 15.6. The molecule has 1 aromatic heterocycles. The quantitative estimate of drug-likeness (QED) is 0.470. The molecule has 10 nitrogen and oxygen atoms in total. The lowest BCUT2D eigenvalue weighted by Crippen LogP contribution is -2.53. The van der Waals surface area contributed by atoms with E-state index >= 15 is 0 Å². The number of hydrogen-bond donors (Lipinski definition) is 3. The van der Waals surface area contributed by atoms with Gasteiger partial charge in [-0.05, 0) is 31.3 Å². The second-order valence-corrected chi connectivity index (χ2v) is 9.81. The van der Waals surface area contributed by atoms with Gasteiger partial charge in [-0.1, -0.05) is 15.9 Å². The molecule has 2 heterocycles. The van der Waals surface area contributed by atoms with Crippen LogP contribution in [0.15, 0.2) is 28.7 Å². The van der Waals surface area contributed by atoms with Gasteiger partial charge in [-0.2, -0.15) is 0 Å². The summed E-state index contributed by atoms with van der Waals surface area (Å²) in [5.41, 5.74) is 1.35. The highest BCUT2D eigenvalue weighted by Gasteiger charge is 2.27. The van der Waals surface area contributed by atoms with E-state index in [0.29, 0.717) is 5.69 Å². The van der Waals surface area contributed by atoms with Crippen LogP contribution in [0.25, 0.3) is 0 Å². The van der Waals surface area contributed by atoms with Gasteiger partial charge in [-0.15, -0.1) is 11.3 Å². The van der Waals surface area contributed by atoms with E-state index in [1.54, 1.807) is 38.4 Å². The van der Waals surface area contributed by atoms with Crippen LogP contribution in [0.1, 0.15) is 20.4 Å². The summed E-state index contributed by atoms with van der Waals surface area (Å²) in [5.74, 6) is -2.71. The van der Waals surface area contributed by atoms with Gasteiger partial charge in [0.2, 0.25) is 5.91 Å². The van der Waals surface area contributed by atoms with Crippen LogP contribution in [0, 0.1) is 0 Å². The number of rotatable bonds is 6. The van der Waals surface area contributed by atoms with Gasteiger partial charge in [-0.3, -0.25) is 19.2 Å². The third kappa shape index (κ3) is 6.59. The third-order valence-electron chi connectivity index (χ3n) is 4.94. The molecule has 0 radical (unpaired) electrons. The van der Waals surface area contributed by atoms with Crippen LogP contribution in [-0.4, -0.2) is 78.7 Å². The molecular formula is C21H25BrN6O4S. The highest BCUT2D eigenvalue weighted by Crippen LogP contribution is 2.24. The Morgan fingerprint density at radius 2 is 1.88 bits per heavy atom. The van der Waals surface area contributed by atoms with Crippen LogP contribution in [0.3, 0.4) is 0 Å². The van der Waals surface area contributed by atoms with E-state index in [2.05, 4.69) is 41.8 Å². The molecule has 2 aromatic rings. The summed E-state index contributed by atoms with van der Waals surface area (Å²) < 4.78 is 0.832. The van der Waals surface area contributed by atoms with Crippen molar-refractivity contribution in [3.8, 4) is 0 Å². The highest BCUT2D eigenvalue weighted by atomic mass is 79.9. The molecule has 3 rings (SSSR count). The van der Waals surface area contributed by atoms with Crippen molar-refractivity contribution >= 4 is 56.6 Å². The number of halogens is 1. The maximum atomic E-state index is 12.8. The summed E-state index contributed by atoms with van der Waals surface area (Å²) in [6.45, 7) is 1.35. The molecule has 1 aliphatic rings. The summed E-state index contributed by atoms with van der Waals surface area (Å²) in [5, 5.41) is 7.80. The largest absolute Gasteiger partial charge is 0.347 e. The molecule has 0 aliphatic carbocycles. The number of hydrogen-bond acceptors (Lipinski definition) is 7. The Morgan fingerprint density at radius 1 is 1.18 bits per heavy atom. The average Bonchev–Trinajstić information content (AvgIpc) is 3.20. The highest BCUT2D eigenvalue weighted by molar-refractivity contribution is 9.10. The van der Waals surface area contributed by atoms with Gasteiger partial charge in [0.25, 0.3) is 5.91 Å². The monoisotopic (exact) mass is 536 g/mol. The maximum Gasteiger partial charge on any atom is 0.313 e. The summed E-state index contributed by atoms with van der Waals surface area (Å²) in [7, 11) is 5.09. The molecule has 1 aliphatic heterocycles. The smallest absolute Gasteiger partial charge is 0.313 e. The normalized spacial score (nSPS) is 14.1. The van der Waals surface area contributed by atoms with E-state index in [9.17, 15) is 19.2 Å². The van der Waals surface area contributed by atoms with Crippen molar-refractivity contribution in [1.29, 1.82) is 0 Å². The topological polar surface area (TPSA) is 124 Å². The van der Waals surface area contributed by atoms with E-state index < -0.39 is 29.7 Å². The molecule has 4 amide bonds. The SMILES string of the molecule is CN1CCc2nc(C(=O)NC(CNC(=O)C(=O)Nc3ccc(Br)cc3)C(=O)N(C)C)sc2C1. The van der Waals surface area contributed by atoms with Gasteiger partial charge in [0, 0.05) is 55.2 Å². The minimum atomic E-state index is -1.06. The van der Waals surface area contributed by atoms with Gasteiger partial charge in [-0.25, -0.2) is 4.98 Å². The molecule has 0 saturated carbocycles. The Kier molecular flexibility index (Phi) is 8.16. The van der Waals surface area contributed by atoms with Crippen molar-refractivity contribution in [2.24, 2.45) is 0 Å². The van der Waals surface area contributed by atoms with Crippen LogP contribution in [0.2, 0.25) is 0 Å². The average molecular weight is 537 g/mol. The van der Waals surface area contributed by atoms with Crippen LogP contribution in [0.4, 0.5) is 5.69 Å². The first kappa shape index (κ1) is 24.8. The minimum absolute atomic E-state index is 0.247. The standard InChI is InChI=1S/C21H25BrN6O4S/c1-27(2)21(32)15(10-23-17(29)18(30)24-13-6-4-12(22)5-7-13)25-19(31)20-26-14-8-9-28(3)11-16(14)33-20/h4-7,15H,8-11H2,1-3H3,(H,23,29)(H,24,30)(H,25,31). The number of aromatic nitrogens is 1. The first-order valence-electron chi connectivity index (χ1n) is 10.2.